The van der Waals surface area contributed by atoms with E-state index in [1.54, 1.807) is 13.0 Å². The quantitative estimate of drug-likeness (QED) is 0.912. The molecule has 1 amide bonds. The van der Waals surface area contributed by atoms with Crippen molar-refractivity contribution in [2.75, 3.05) is 7.11 Å². The summed E-state index contributed by atoms with van der Waals surface area (Å²) in [6.45, 7) is 1.70. The van der Waals surface area contributed by atoms with Gasteiger partial charge >= 0.3 is 0 Å². The van der Waals surface area contributed by atoms with Gasteiger partial charge in [-0.2, -0.15) is 0 Å². The van der Waals surface area contributed by atoms with Crippen molar-refractivity contribution in [3.05, 3.63) is 41.6 Å². The molecule has 98 valence electrons. The molecule has 6 heteroatoms. The Bertz CT molecular complexity index is 644. The van der Waals surface area contributed by atoms with E-state index in [-0.39, 0.29) is 5.82 Å². The number of methoxy groups -OCH3 is 1. The number of aryl methyl sites for hydroxylation is 1. The lowest BCUT2D eigenvalue weighted by molar-refractivity contribution is 0.0990. The number of amides is 1. The van der Waals surface area contributed by atoms with Crippen LogP contribution in [0.25, 0.3) is 11.3 Å². The second-order valence-corrected chi connectivity index (χ2v) is 3.93. The second kappa shape index (κ2) is 5.01. The summed E-state index contributed by atoms with van der Waals surface area (Å²) in [7, 11) is 1.47. The van der Waals surface area contributed by atoms with Crippen molar-refractivity contribution in [2.24, 2.45) is 5.73 Å². The van der Waals surface area contributed by atoms with E-state index in [9.17, 15) is 9.18 Å². The lowest BCUT2D eigenvalue weighted by atomic mass is 10.1. The first-order valence-electron chi connectivity index (χ1n) is 5.50. The van der Waals surface area contributed by atoms with Gasteiger partial charge in [0.1, 0.15) is 11.6 Å². The Labute approximate surface area is 109 Å². The third-order valence-electron chi connectivity index (χ3n) is 2.51. The zero-order valence-electron chi connectivity index (χ0n) is 10.5. The molecule has 0 aliphatic carbocycles. The fraction of sp³-hybridized carbons (Fsp3) is 0.154. The van der Waals surface area contributed by atoms with Crippen LogP contribution in [0.5, 0.6) is 5.75 Å². The number of hydrogen-bond donors (Lipinski definition) is 1. The fourth-order valence-electron chi connectivity index (χ4n) is 1.70. The number of carbonyl (C=O) groups is 1. The molecular weight excluding hydrogens is 249 g/mol. The molecule has 0 fully saturated rings. The standard InChI is InChI=1S/C13H12FN3O2/c1-7-5-10(17-13(16-7)12(15)18)9-6-8(14)3-4-11(9)19-2/h3-6H,1-2H3,(H2,15,18). The molecule has 1 heterocycles. The van der Waals surface area contributed by atoms with Crippen LogP contribution in [0.15, 0.2) is 24.3 Å². The third-order valence-corrected chi connectivity index (χ3v) is 2.51. The molecule has 0 saturated carbocycles. The summed E-state index contributed by atoms with van der Waals surface area (Å²) in [6, 6.07) is 5.69. The number of aromatic nitrogens is 2. The van der Waals surface area contributed by atoms with E-state index < -0.39 is 11.7 Å². The van der Waals surface area contributed by atoms with E-state index in [0.717, 1.165) is 0 Å². The molecule has 0 atom stereocenters. The fourth-order valence-corrected chi connectivity index (χ4v) is 1.70. The lowest BCUT2D eigenvalue weighted by Crippen LogP contribution is -2.16. The first-order chi connectivity index (χ1) is 9.01. The van der Waals surface area contributed by atoms with Gasteiger partial charge in [0, 0.05) is 11.3 Å². The van der Waals surface area contributed by atoms with E-state index in [1.807, 2.05) is 0 Å². The van der Waals surface area contributed by atoms with Gasteiger partial charge in [-0.3, -0.25) is 4.79 Å². The average Bonchev–Trinajstić information content (AvgIpc) is 2.37. The average molecular weight is 261 g/mol. The molecule has 0 aliphatic heterocycles. The van der Waals surface area contributed by atoms with Gasteiger partial charge in [-0.1, -0.05) is 0 Å². The topological polar surface area (TPSA) is 78.1 Å². The minimum atomic E-state index is -0.736. The highest BCUT2D eigenvalue weighted by atomic mass is 19.1. The van der Waals surface area contributed by atoms with Gasteiger partial charge in [-0.05, 0) is 31.2 Å². The Balaban J connectivity index is 2.64. The Kier molecular flexibility index (Phi) is 3.41. The predicted molar refractivity (Wildman–Crippen MR) is 67.2 cm³/mol. The molecule has 0 bridgehead atoms. The van der Waals surface area contributed by atoms with Gasteiger partial charge in [-0.15, -0.1) is 0 Å². The van der Waals surface area contributed by atoms with E-state index in [2.05, 4.69) is 9.97 Å². The molecule has 0 unspecified atom stereocenters. The largest absolute Gasteiger partial charge is 0.496 e. The van der Waals surface area contributed by atoms with Crippen molar-refractivity contribution in [2.45, 2.75) is 6.92 Å². The van der Waals surface area contributed by atoms with Crippen LogP contribution in [0, 0.1) is 12.7 Å². The van der Waals surface area contributed by atoms with Gasteiger partial charge in [0.15, 0.2) is 0 Å². The summed E-state index contributed by atoms with van der Waals surface area (Å²) < 4.78 is 18.5. The summed E-state index contributed by atoms with van der Waals surface area (Å²) in [4.78, 5) is 19.1. The van der Waals surface area contributed by atoms with Crippen LogP contribution < -0.4 is 10.5 Å². The van der Waals surface area contributed by atoms with E-state index in [0.29, 0.717) is 22.7 Å². The van der Waals surface area contributed by atoms with Gasteiger partial charge in [0.05, 0.1) is 12.8 Å². The zero-order valence-corrected chi connectivity index (χ0v) is 10.5. The third kappa shape index (κ3) is 2.67. The van der Waals surface area contributed by atoms with Crippen molar-refractivity contribution in [1.82, 2.24) is 9.97 Å². The van der Waals surface area contributed by atoms with Crippen molar-refractivity contribution in [1.29, 1.82) is 0 Å². The van der Waals surface area contributed by atoms with E-state index in [1.165, 1.54) is 25.3 Å². The molecule has 19 heavy (non-hydrogen) atoms. The van der Waals surface area contributed by atoms with Gasteiger partial charge < -0.3 is 10.5 Å². The second-order valence-electron chi connectivity index (χ2n) is 3.93. The van der Waals surface area contributed by atoms with E-state index >= 15 is 0 Å². The molecular formula is C13H12FN3O2. The van der Waals surface area contributed by atoms with Gasteiger partial charge in [0.25, 0.3) is 5.91 Å². The van der Waals surface area contributed by atoms with Crippen LogP contribution in [0.3, 0.4) is 0 Å². The normalized spacial score (nSPS) is 10.3. The minimum absolute atomic E-state index is 0.110. The summed E-state index contributed by atoms with van der Waals surface area (Å²) in [5.74, 6) is -0.816. The van der Waals surface area contributed by atoms with Gasteiger partial charge in [0.2, 0.25) is 5.82 Å². The number of benzene rings is 1. The number of halogens is 1. The molecule has 1 aromatic carbocycles. The highest BCUT2D eigenvalue weighted by Gasteiger charge is 2.13. The number of ether oxygens (including phenoxy) is 1. The van der Waals surface area contributed by atoms with Crippen LogP contribution in [0.1, 0.15) is 16.3 Å². The lowest BCUT2D eigenvalue weighted by Gasteiger charge is -2.09. The molecule has 2 rings (SSSR count). The molecule has 0 aliphatic rings. The van der Waals surface area contributed by atoms with Crippen LogP contribution in [0.4, 0.5) is 4.39 Å². The smallest absolute Gasteiger partial charge is 0.286 e. The number of primary amides is 1. The van der Waals surface area contributed by atoms with Gasteiger partial charge in [-0.25, -0.2) is 14.4 Å². The Morgan fingerprint density at radius 2 is 2.05 bits per heavy atom. The molecule has 1 aromatic heterocycles. The van der Waals surface area contributed by atoms with Crippen molar-refractivity contribution < 1.29 is 13.9 Å². The minimum Gasteiger partial charge on any atom is -0.496 e. The first kappa shape index (κ1) is 12.9. The summed E-state index contributed by atoms with van der Waals surface area (Å²) in [5.41, 5.74) is 6.55. The molecule has 0 spiro atoms. The van der Waals surface area contributed by atoms with Crippen LogP contribution in [-0.2, 0) is 0 Å². The highest BCUT2D eigenvalue weighted by molar-refractivity contribution is 5.89. The molecule has 0 radical (unpaired) electrons. The number of rotatable bonds is 3. The zero-order chi connectivity index (χ0) is 14.0. The molecule has 5 nitrogen and oxygen atoms in total. The van der Waals surface area contributed by atoms with Crippen molar-refractivity contribution in [3.63, 3.8) is 0 Å². The Morgan fingerprint density at radius 1 is 1.32 bits per heavy atom. The maximum atomic E-state index is 13.3. The predicted octanol–water partition coefficient (Wildman–Crippen LogP) is 1.70. The highest BCUT2D eigenvalue weighted by Crippen LogP contribution is 2.29. The first-order valence-corrected chi connectivity index (χ1v) is 5.50. The molecule has 2 aromatic rings. The van der Waals surface area contributed by atoms with Crippen molar-refractivity contribution in [3.8, 4) is 17.0 Å². The maximum absolute atomic E-state index is 13.3. The summed E-state index contributed by atoms with van der Waals surface area (Å²) in [5, 5.41) is 0. The van der Waals surface area contributed by atoms with Crippen LogP contribution in [0.2, 0.25) is 0 Å². The van der Waals surface area contributed by atoms with E-state index in [4.69, 9.17) is 10.5 Å². The SMILES string of the molecule is COc1ccc(F)cc1-c1cc(C)nc(C(N)=O)n1. The molecule has 0 saturated heterocycles. The molecule has 2 N–H and O–H groups in total. The monoisotopic (exact) mass is 261 g/mol. The summed E-state index contributed by atoms with van der Waals surface area (Å²) in [6.07, 6.45) is 0. The number of carbonyl (C=O) groups excluding carboxylic acids is 1. The van der Waals surface area contributed by atoms with Crippen molar-refractivity contribution >= 4 is 5.91 Å². The summed E-state index contributed by atoms with van der Waals surface area (Å²) >= 11 is 0. The Morgan fingerprint density at radius 3 is 2.68 bits per heavy atom. The Hall–Kier alpha value is -2.50. The number of nitrogens with zero attached hydrogens (tertiary/aromatic N) is 2. The number of nitrogens with two attached hydrogens (primary N) is 1. The number of hydrogen-bond acceptors (Lipinski definition) is 4. The van der Waals surface area contributed by atoms with Crippen LogP contribution in [-0.4, -0.2) is 23.0 Å². The maximum Gasteiger partial charge on any atom is 0.286 e. The van der Waals surface area contributed by atoms with Crippen LogP contribution >= 0.6 is 0 Å².